The van der Waals surface area contributed by atoms with Gasteiger partial charge in [0.1, 0.15) is 23.7 Å². The maximum atomic E-state index is 14.1. The number of likely N-dealkylation sites (tertiary alicyclic amines) is 2. The van der Waals surface area contributed by atoms with Crippen LogP contribution in [0.15, 0.2) is 97.3 Å². The summed E-state index contributed by atoms with van der Waals surface area (Å²) in [6, 6.07) is 29.9. The number of ether oxygens (including phenoxy) is 2. The van der Waals surface area contributed by atoms with Gasteiger partial charge < -0.3 is 39.9 Å². The molecule has 8 aliphatic rings. The number of aromatic amines is 2. The number of carbonyl (C=O) groups is 4. The average Bonchev–Trinajstić information content (AvgIpc) is 4.37. The van der Waals surface area contributed by atoms with E-state index in [0.717, 1.165) is 98.4 Å². The van der Waals surface area contributed by atoms with Gasteiger partial charge in [-0.1, -0.05) is 125 Å². The van der Waals surface area contributed by atoms with Crippen LogP contribution in [0.1, 0.15) is 112 Å². The van der Waals surface area contributed by atoms with E-state index in [1.165, 1.54) is 58.7 Å². The zero-order valence-electron chi connectivity index (χ0n) is 44.7. The standard InChI is InChI=1S/C62H72N8O6/c1-35(2)53(67-61(73)75-5)59(71)69-33-45-9-7-11-47(45)55(69)57-63-31-51(65-57)43-25-21-41(22-26-43)49-29-37-13-17-39(49)19-15-38-14-18-40(20-16-37)50(30-38)42-23-27-44(28-24-42)52-32-64-58(66-52)56-48-12-8-10-46(48)34-70(56)60(72)54(36(3)4)68-62(74)76-6/h13-14,17-18,21-32,35-36,45-48,53-56H,7-12,15-16,19-20,33-34H2,1-6H3,(H,63,65)(H,64,66)(H,67,73)(H,68,74). The minimum absolute atomic E-state index is 0.0872. The van der Waals surface area contributed by atoms with Gasteiger partial charge in [0.25, 0.3) is 0 Å². The molecule has 8 atom stereocenters. The number of alkyl carbamates (subject to hydrolysis) is 2. The van der Waals surface area contributed by atoms with E-state index < -0.39 is 24.3 Å². The Hall–Kier alpha value is -7.22. The fourth-order valence-electron chi connectivity index (χ4n) is 13.5. The maximum Gasteiger partial charge on any atom is 0.407 e. The van der Waals surface area contributed by atoms with E-state index in [9.17, 15) is 19.2 Å². The minimum atomic E-state index is -0.685. The molecule has 4 bridgehead atoms. The molecule has 2 aliphatic heterocycles. The Morgan fingerprint density at radius 2 is 0.934 bits per heavy atom. The third kappa shape index (κ3) is 9.91. The summed E-state index contributed by atoms with van der Waals surface area (Å²) in [4.78, 5) is 73.9. The average molecular weight is 1030 g/mol. The quantitative estimate of drug-likeness (QED) is 0.0937. The van der Waals surface area contributed by atoms with Crippen molar-refractivity contribution in [2.75, 3.05) is 27.3 Å². The summed E-state index contributed by atoms with van der Waals surface area (Å²) in [7, 11) is 2.64. The van der Waals surface area contributed by atoms with Crippen LogP contribution in [0, 0.1) is 35.5 Å². The predicted octanol–water partition coefficient (Wildman–Crippen LogP) is 11.0. The number of methoxy groups -OCH3 is 2. The van der Waals surface area contributed by atoms with Gasteiger partial charge in [0, 0.05) is 13.1 Å². The second-order valence-corrected chi connectivity index (χ2v) is 22.8. The van der Waals surface area contributed by atoms with Crippen LogP contribution in [-0.4, -0.2) is 93.1 Å². The molecule has 4 aromatic carbocycles. The second-order valence-electron chi connectivity index (χ2n) is 22.8. The number of aromatic nitrogens is 4. The number of H-pyrrole nitrogens is 2. The van der Waals surface area contributed by atoms with Gasteiger partial charge in [-0.25, -0.2) is 19.6 Å². The van der Waals surface area contributed by atoms with Crippen LogP contribution in [0.5, 0.6) is 0 Å². The molecule has 4 fully saturated rings. The molecular formula is C62H72N8O6. The molecule has 2 saturated heterocycles. The Labute approximate surface area is 446 Å². The summed E-state index contributed by atoms with van der Waals surface area (Å²) >= 11 is 0. The van der Waals surface area contributed by atoms with E-state index in [-0.39, 0.29) is 35.7 Å². The zero-order valence-corrected chi connectivity index (χ0v) is 44.7. The number of amides is 4. The van der Waals surface area contributed by atoms with Gasteiger partial charge in [0.15, 0.2) is 0 Å². The van der Waals surface area contributed by atoms with Gasteiger partial charge in [-0.15, -0.1) is 0 Å². The maximum absolute atomic E-state index is 14.1. The summed E-state index contributed by atoms with van der Waals surface area (Å²) in [6.45, 7) is 9.11. The van der Waals surface area contributed by atoms with Crippen LogP contribution < -0.4 is 10.6 Å². The number of nitrogens with one attached hydrogen (secondary N) is 4. The molecule has 0 spiro atoms. The highest BCUT2D eigenvalue weighted by Crippen LogP contribution is 2.51. The fourth-order valence-corrected chi connectivity index (χ4v) is 13.5. The normalized spacial score (nSPS) is 22.5. The molecule has 4 N–H and O–H groups in total. The number of aryl methyl sites for hydroxylation is 4. The van der Waals surface area contributed by atoms with Crippen molar-refractivity contribution in [2.45, 2.75) is 116 Å². The lowest BCUT2D eigenvalue weighted by atomic mass is 9.87. The van der Waals surface area contributed by atoms with Gasteiger partial charge >= 0.3 is 12.2 Å². The Kier molecular flexibility index (Phi) is 14.4. The SMILES string of the molecule is COC(=O)NC(C(=O)N1CC2CCCC2C1c1ncc(-c2ccc(-c3cc4ccc3CCc3ccc(c(-c5ccc(-c6cnc(C7C8CCCC8CN7C(=O)C(NC(=O)OC)C(C)C)[nH]6)cc5)c3)CC4)cc2)[nH]1)C(C)C. The van der Waals surface area contributed by atoms with Crippen molar-refractivity contribution in [2.24, 2.45) is 35.5 Å². The van der Waals surface area contributed by atoms with Crippen molar-refractivity contribution in [3.05, 3.63) is 131 Å². The zero-order chi connectivity index (χ0) is 52.8. The third-order valence-electron chi connectivity index (χ3n) is 17.6. The number of fused-ring (bicyclic) bond motifs is 2. The lowest BCUT2D eigenvalue weighted by Gasteiger charge is -2.31. The van der Waals surface area contributed by atoms with Gasteiger partial charge in [-0.3, -0.25) is 9.59 Å². The molecule has 0 radical (unpaired) electrons. The highest BCUT2D eigenvalue weighted by molar-refractivity contribution is 5.87. The number of imidazole rings is 2. The highest BCUT2D eigenvalue weighted by atomic mass is 16.5. The summed E-state index contributed by atoms with van der Waals surface area (Å²) in [5.41, 5.74) is 14.0. The molecule has 76 heavy (non-hydrogen) atoms. The number of hydrogen-bond donors (Lipinski definition) is 4. The van der Waals surface area contributed by atoms with Gasteiger partial charge in [-0.2, -0.15) is 0 Å². The van der Waals surface area contributed by atoms with E-state index in [1.54, 1.807) is 0 Å². The predicted molar refractivity (Wildman–Crippen MR) is 293 cm³/mol. The Bertz CT molecular complexity index is 2900. The van der Waals surface area contributed by atoms with Crippen LogP contribution in [-0.2, 0) is 44.7 Å². The van der Waals surface area contributed by atoms with Crippen LogP contribution in [0.25, 0.3) is 44.8 Å². The second kappa shape index (κ2) is 21.4. The summed E-state index contributed by atoms with van der Waals surface area (Å²) < 4.78 is 9.76. The first kappa shape index (κ1) is 50.9. The van der Waals surface area contributed by atoms with Gasteiger partial charge in [0.2, 0.25) is 11.8 Å². The van der Waals surface area contributed by atoms with Crippen molar-refractivity contribution in [3.63, 3.8) is 0 Å². The van der Waals surface area contributed by atoms with Crippen LogP contribution in [0.2, 0.25) is 0 Å². The number of carbonyl (C=O) groups excluding carboxylic acids is 4. The van der Waals surface area contributed by atoms with Gasteiger partial charge in [-0.05, 0) is 143 Å². The Morgan fingerprint density at radius 1 is 0.539 bits per heavy atom. The molecule has 14 heteroatoms. The lowest BCUT2D eigenvalue weighted by molar-refractivity contribution is -0.136. The molecule has 14 nitrogen and oxygen atoms in total. The van der Waals surface area contributed by atoms with Crippen molar-refractivity contribution >= 4 is 24.0 Å². The number of rotatable bonds is 12. The molecule has 2 saturated carbocycles. The molecule has 6 aliphatic carbocycles. The van der Waals surface area contributed by atoms with Crippen LogP contribution in [0.4, 0.5) is 9.59 Å². The Balaban J connectivity index is 0.784. The molecule has 6 aromatic rings. The summed E-state index contributed by atoms with van der Waals surface area (Å²) in [6.07, 6.45) is 12.8. The minimum Gasteiger partial charge on any atom is -0.453 e. The van der Waals surface area contributed by atoms with Crippen LogP contribution >= 0.6 is 0 Å². The molecule has 4 amide bonds. The topological polar surface area (TPSA) is 175 Å². The number of benzene rings is 4. The van der Waals surface area contributed by atoms with E-state index in [4.69, 9.17) is 19.4 Å². The van der Waals surface area contributed by atoms with Crippen LogP contribution in [0.3, 0.4) is 0 Å². The van der Waals surface area contributed by atoms with Crippen molar-refractivity contribution < 1.29 is 28.7 Å². The monoisotopic (exact) mass is 1020 g/mol. The van der Waals surface area contributed by atoms with E-state index in [0.29, 0.717) is 36.8 Å². The first-order valence-corrected chi connectivity index (χ1v) is 27.7. The van der Waals surface area contributed by atoms with Crippen molar-refractivity contribution in [3.8, 4) is 44.8 Å². The summed E-state index contributed by atoms with van der Waals surface area (Å²) in [5, 5.41) is 5.59. The molecule has 4 heterocycles. The summed E-state index contributed by atoms with van der Waals surface area (Å²) in [5.74, 6) is 2.69. The smallest absolute Gasteiger partial charge is 0.407 e. The first-order chi connectivity index (χ1) is 36.8. The van der Waals surface area contributed by atoms with Gasteiger partial charge in [0.05, 0.1) is 50.1 Å². The molecule has 396 valence electrons. The largest absolute Gasteiger partial charge is 0.453 e. The van der Waals surface area contributed by atoms with E-state index in [2.05, 4.69) is 106 Å². The van der Waals surface area contributed by atoms with Crippen molar-refractivity contribution in [1.29, 1.82) is 0 Å². The van der Waals surface area contributed by atoms with E-state index >= 15 is 0 Å². The molecule has 8 unspecified atom stereocenters. The van der Waals surface area contributed by atoms with E-state index in [1.807, 2.05) is 49.9 Å². The molecule has 14 rings (SSSR count). The highest BCUT2D eigenvalue weighted by Gasteiger charge is 2.51. The number of nitrogens with zero attached hydrogens (tertiary/aromatic N) is 4. The third-order valence-corrected chi connectivity index (χ3v) is 17.6. The molecule has 2 aromatic heterocycles. The molecular weight excluding hydrogens is 953 g/mol. The number of hydrogen-bond acceptors (Lipinski definition) is 8. The van der Waals surface area contributed by atoms with Crippen molar-refractivity contribution in [1.82, 2.24) is 40.4 Å². The Morgan fingerprint density at radius 3 is 1.32 bits per heavy atom. The lowest BCUT2D eigenvalue weighted by Crippen LogP contribution is -2.51. The fraction of sp³-hybridized carbons (Fsp3) is 0.452. The first-order valence-electron chi connectivity index (χ1n) is 27.7.